The van der Waals surface area contributed by atoms with Crippen LogP contribution >= 0.6 is 0 Å². The van der Waals surface area contributed by atoms with Crippen LogP contribution in [-0.4, -0.2) is 5.71 Å². The molecule has 0 saturated heterocycles. The van der Waals surface area contributed by atoms with Gasteiger partial charge in [0.1, 0.15) is 0 Å². The Kier molecular flexibility index (Phi) is 2.97. The summed E-state index contributed by atoms with van der Waals surface area (Å²) in [5.41, 5.74) is 3.84. The molecule has 2 aromatic rings. The largest absolute Gasteiger partial charge is 0.252 e. The molecule has 0 aromatic heterocycles. The first-order valence-corrected chi connectivity index (χ1v) is 6.90. The Morgan fingerprint density at radius 1 is 0.900 bits per heavy atom. The molecule has 0 spiro atoms. The Hall–Kier alpha value is -1.96. The van der Waals surface area contributed by atoms with Gasteiger partial charge in [-0.2, -0.15) is 0 Å². The topological polar surface area (TPSA) is 12.4 Å². The molecule has 1 atom stereocenters. The Balaban J connectivity index is 2.35. The smallest absolute Gasteiger partial charge is 0.153 e. The van der Waals surface area contributed by atoms with Crippen molar-refractivity contribution in [1.82, 2.24) is 0 Å². The van der Waals surface area contributed by atoms with Crippen LogP contribution in [0.2, 0.25) is 0 Å². The van der Waals surface area contributed by atoms with Gasteiger partial charge in [-0.05, 0) is 11.6 Å². The van der Waals surface area contributed by atoms with Crippen LogP contribution in [0.15, 0.2) is 53.5 Å². The summed E-state index contributed by atoms with van der Waals surface area (Å²) in [6, 6.07) is 15.2. The number of para-hydroxylation sites is 1. The fourth-order valence-electron chi connectivity index (χ4n) is 2.66. The van der Waals surface area contributed by atoms with Crippen LogP contribution in [0.4, 0.5) is 10.1 Å². The second kappa shape index (κ2) is 4.55. The van der Waals surface area contributed by atoms with Crippen LogP contribution in [0.25, 0.3) is 0 Å². The SMILES string of the molecule is CC(C)(C)C1=Nc2ccccc2C(F)c2ccccc21. The number of nitrogens with zero attached hydrogens (tertiary/aromatic N) is 1. The molecule has 0 N–H and O–H groups in total. The maximum absolute atomic E-state index is 14.9. The van der Waals surface area contributed by atoms with Crippen molar-refractivity contribution in [2.75, 3.05) is 0 Å². The van der Waals surface area contributed by atoms with Gasteiger partial charge in [0, 0.05) is 16.5 Å². The van der Waals surface area contributed by atoms with Gasteiger partial charge in [-0.1, -0.05) is 63.2 Å². The first kappa shape index (κ1) is 13.0. The van der Waals surface area contributed by atoms with Gasteiger partial charge in [-0.25, -0.2) is 4.39 Å². The number of fused-ring (bicyclic) bond motifs is 2. The number of rotatable bonds is 0. The average Bonchev–Trinajstić information content (AvgIpc) is 2.55. The van der Waals surface area contributed by atoms with Gasteiger partial charge >= 0.3 is 0 Å². The molecule has 3 rings (SSSR count). The molecule has 20 heavy (non-hydrogen) atoms. The number of hydrogen-bond acceptors (Lipinski definition) is 1. The zero-order chi connectivity index (χ0) is 14.3. The lowest BCUT2D eigenvalue weighted by Gasteiger charge is -2.22. The van der Waals surface area contributed by atoms with Crippen molar-refractivity contribution in [3.63, 3.8) is 0 Å². The lowest BCUT2D eigenvalue weighted by molar-refractivity contribution is 0.403. The second-order valence-corrected chi connectivity index (χ2v) is 6.22. The normalized spacial score (nSPS) is 17.8. The Morgan fingerprint density at radius 3 is 2.20 bits per heavy atom. The van der Waals surface area contributed by atoms with E-state index in [0.29, 0.717) is 11.1 Å². The highest BCUT2D eigenvalue weighted by atomic mass is 19.1. The van der Waals surface area contributed by atoms with E-state index in [1.54, 1.807) is 0 Å². The highest BCUT2D eigenvalue weighted by Gasteiger charge is 2.30. The van der Waals surface area contributed by atoms with Crippen molar-refractivity contribution >= 4 is 11.4 Å². The number of halogens is 1. The summed E-state index contributed by atoms with van der Waals surface area (Å²) in [5.74, 6) is 0. The lowest BCUT2D eigenvalue weighted by atomic mass is 9.83. The van der Waals surface area contributed by atoms with Crippen molar-refractivity contribution in [2.24, 2.45) is 10.4 Å². The number of alkyl halides is 1. The van der Waals surface area contributed by atoms with Crippen LogP contribution in [-0.2, 0) is 0 Å². The summed E-state index contributed by atoms with van der Waals surface area (Å²) < 4.78 is 14.9. The quantitative estimate of drug-likeness (QED) is 0.620. The average molecular weight is 267 g/mol. The molecule has 0 saturated carbocycles. The predicted octanol–water partition coefficient (Wildman–Crippen LogP) is 5.23. The second-order valence-electron chi connectivity index (χ2n) is 6.22. The summed E-state index contributed by atoms with van der Waals surface area (Å²) in [4.78, 5) is 4.78. The molecule has 0 radical (unpaired) electrons. The molecule has 0 fully saturated rings. The molecule has 1 heterocycles. The van der Waals surface area contributed by atoms with E-state index in [4.69, 9.17) is 4.99 Å². The summed E-state index contributed by atoms with van der Waals surface area (Å²) in [7, 11) is 0. The minimum Gasteiger partial charge on any atom is -0.252 e. The first-order chi connectivity index (χ1) is 9.48. The summed E-state index contributed by atoms with van der Waals surface area (Å²) in [5, 5.41) is 0. The molecule has 1 unspecified atom stereocenters. The van der Waals surface area contributed by atoms with Crippen molar-refractivity contribution in [2.45, 2.75) is 26.9 Å². The summed E-state index contributed by atoms with van der Waals surface area (Å²) in [6.07, 6.45) is -1.12. The van der Waals surface area contributed by atoms with Crippen molar-refractivity contribution in [1.29, 1.82) is 0 Å². The maximum atomic E-state index is 14.9. The van der Waals surface area contributed by atoms with E-state index in [1.165, 1.54) is 0 Å². The third-order valence-electron chi connectivity index (χ3n) is 3.64. The molecule has 102 valence electrons. The molecule has 1 aliphatic rings. The number of hydrogen-bond donors (Lipinski definition) is 0. The molecular formula is C18H18FN. The molecule has 0 aliphatic carbocycles. The third kappa shape index (κ3) is 2.05. The van der Waals surface area contributed by atoms with Crippen LogP contribution in [0, 0.1) is 5.41 Å². The van der Waals surface area contributed by atoms with E-state index < -0.39 is 6.17 Å². The molecule has 1 aliphatic heterocycles. The predicted molar refractivity (Wildman–Crippen MR) is 81.5 cm³/mol. The van der Waals surface area contributed by atoms with E-state index in [-0.39, 0.29) is 5.41 Å². The van der Waals surface area contributed by atoms with E-state index >= 15 is 0 Å². The molecular weight excluding hydrogens is 249 g/mol. The van der Waals surface area contributed by atoms with Gasteiger partial charge in [-0.3, -0.25) is 4.99 Å². The lowest BCUT2D eigenvalue weighted by Crippen LogP contribution is -2.22. The van der Waals surface area contributed by atoms with Crippen molar-refractivity contribution in [3.8, 4) is 0 Å². The van der Waals surface area contributed by atoms with Gasteiger partial charge in [-0.15, -0.1) is 0 Å². The highest BCUT2D eigenvalue weighted by molar-refractivity contribution is 6.07. The van der Waals surface area contributed by atoms with E-state index in [2.05, 4.69) is 20.8 Å². The summed E-state index contributed by atoms with van der Waals surface area (Å²) in [6.45, 7) is 6.34. The van der Waals surface area contributed by atoms with Gasteiger partial charge < -0.3 is 0 Å². The Morgan fingerprint density at radius 2 is 1.50 bits per heavy atom. The standard InChI is InChI=1S/C18H18FN/c1-18(2,3)17-13-9-5-4-8-12(13)16(19)14-10-6-7-11-15(14)20-17/h4-11,16H,1-3H3. The zero-order valence-electron chi connectivity index (χ0n) is 12.0. The van der Waals surface area contributed by atoms with Crippen LogP contribution in [0.1, 0.15) is 43.6 Å². The Bertz CT molecular complexity index is 680. The zero-order valence-corrected chi connectivity index (χ0v) is 12.0. The molecule has 0 amide bonds. The Labute approximate surface area is 119 Å². The van der Waals surface area contributed by atoms with Crippen molar-refractivity contribution in [3.05, 3.63) is 65.2 Å². The number of aliphatic imine (C=N–C) groups is 1. The van der Waals surface area contributed by atoms with Gasteiger partial charge in [0.15, 0.2) is 6.17 Å². The van der Waals surface area contributed by atoms with Crippen LogP contribution in [0.3, 0.4) is 0 Å². The maximum Gasteiger partial charge on any atom is 0.153 e. The van der Waals surface area contributed by atoms with Crippen molar-refractivity contribution < 1.29 is 4.39 Å². The van der Waals surface area contributed by atoms with E-state index in [9.17, 15) is 4.39 Å². The molecule has 2 aromatic carbocycles. The molecule has 0 bridgehead atoms. The monoisotopic (exact) mass is 267 g/mol. The van der Waals surface area contributed by atoms with E-state index in [1.807, 2.05) is 48.5 Å². The van der Waals surface area contributed by atoms with Gasteiger partial charge in [0.25, 0.3) is 0 Å². The highest BCUT2D eigenvalue weighted by Crippen LogP contribution is 2.40. The number of benzene rings is 2. The fourth-order valence-corrected chi connectivity index (χ4v) is 2.66. The molecule has 2 heteroatoms. The minimum absolute atomic E-state index is 0.132. The van der Waals surface area contributed by atoms with Gasteiger partial charge in [0.05, 0.1) is 11.4 Å². The van der Waals surface area contributed by atoms with E-state index in [0.717, 1.165) is 17.0 Å². The van der Waals surface area contributed by atoms with Gasteiger partial charge in [0.2, 0.25) is 0 Å². The fraction of sp³-hybridized carbons (Fsp3) is 0.278. The van der Waals surface area contributed by atoms with Crippen LogP contribution in [0.5, 0.6) is 0 Å². The first-order valence-electron chi connectivity index (χ1n) is 6.90. The molecule has 1 nitrogen and oxygen atoms in total. The summed E-state index contributed by atoms with van der Waals surface area (Å²) >= 11 is 0. The third-order valence-corrected chi connectivity index (χ3v) is 3.64. The minimum atomic E-state index is -1.12. The van der Waals surface area contributed by atoms with Crippen LogP contribution < -0.4 is 0 Å².